The summed E-state index contributed by atoms with van der Waals surface area (Å²) in [6, 6.07) is 27.0. The Labute approximate surface area is 254 Å². The zero-order valence-electron chi connectivity index (χ0n) is 23.2. The maximum absolute atomic E-state index is 14.8. The molecular weight excluding hydrogens is 621 g/mol. The number of anilines is 1. The summed E-state index contributed by atoms with van der Waals surface area (Å²) in [7, 11) is -2.75. The molecule has 10 heteroatoms. The number of nitrogens with zero attached hydrogens (tertiary/aromatic N) is 2. The summed E-state index contributed by atoms with van der Waals surface area (Å²) >= 11 is 3.37. The summed E-state index contributed by atoms with van der Waals surface area (Å²) in [6.07, 6.45) is 0.143. The number of likely N-dealkylation sites (N-methyl/N-ethyl adjacent to an activating group) is 1. The number of carbonyl (C=O) groups is 2. The van der Waals surface area contributed by atoms with Crippen LogP contribution in [0.25, 0.3) is 0 Å². The van der Waals surface area contributed by atoms with Gasteiger partial charge in [-0.15, -0.1) is 0 Å². The van der Waals surface area contributed by atoms with E-state index in [1.165, 1.54) is 42.3 Å². The Kier molecular flexibility index (Phi) is 10.1. The summed E-state index contributed by atoms with van der Waals surface area (Å²) < 4.78 is 44.5. The highest BCUT2D eigenvalue weighted by Crippen LogP contribution is 2.27. The van der Waals surface area contributed by atoms with Crippen molar-refractivity contribution in [3.8, 4) is 0 Å². The van der Waals surface area contributed by atoms with Crippen molar-refractivity contribution in [1.82, 2.24) is 10.2 Å². The van der Waals surface area contributed by atoms with Crippen LogP contribution >= 0.6 is 15.9 Å². The summed E-state index contributed by atoms with van der Waals surface area (Å²) in [6.45, 7) is 0.989. The van der Waals surface area contributed by atoms with E-state index in [0.29, 0.717) is 0 Å². The molecule has 218 valence electrons. The summed E-state index contributed by atoms with van der Waals surface area (Å²) in [5.41, 5.74) is 2.13. The van der Waals surface area contributed by atoms with Crippen molar-refractivity contribution in [1.29, 1.82) is 0 Å². The van der Waals surface area contributed by atoms with Gasteiger partial charge in [0.05, 0.1) is 10.6 Å². The van der Waals surface area contributed by atoms with Crippen LogP contribution in [-0.2, 0) is 32.6 Å². The molecule has 4 aromatic carbocycles. The minimum absolute atomic E-state index is 0.0107. The fourth-order valence-corrected chi connectivity index (χ4v) is 6.18. The molecule has 2 amide bonds. The first-order chi connectivity index (χ1) is 20.1. The summed E-state index contributed by atoms with van der Waals surface area (Å²) in [4.78, 5) is 28.7. The van der Waals surface area contributed by atoms with Crippen molar-refractivity contribution in [3.05, 3.63) is 130 Å². The van der Waals surface area contributed by atoms with Crippen molar-refractivity contribution in [2.75, 3.05) is 17.9 Å². The molecule has 1 atom stereocenters. The molecule has 0 unspecified atom stereocenters. The van der Waals surface area contributed by atoms with E-state index in [2.05, 4.69) is 21.2 Å². The largest absolute Gasteiger partial charge is 0.357 e. The van der Waals surface area contributed by atoms with E-state index in [-0.39, 0.29) is 29.1 Å². The maximum atomic E-state index is 14.8. The van der Waals surface area contributed by atoms with Crippen LogP contribution in [-0.4, -0.2) is 44.8 Å². The molecule has 0 aliphatic rings. The first-order valence-electron chi connectivity index (χ1n) is 13.2. The van der Waals surface area contributed by atoms with E-state index in [4.69, 9.17) is 0 Å². The molecule has 1 N–H and O–H groups in total. The second-order valence-electron chi connectivity index (χ2n) is 9.73. The third kappa shape index (κ3) is 7.43. The average Bonchev–Trinajstić information content (AvgIpc) is 2.99. The molecule has 4 aromatic rings. The highest BCUT2D eigenvalue weighted by atomic mass is 79.9. The van der Waals surface area contributed by atoms with E-state index in [1.54, 1.807) is 42.5 Å². The molecule has 42 heavy (non-hydrogen) atoms. The topological polar surface area (TPSA) is 86.8 Å². The van der Waals surface area contributed by atoms with E-state index in [0.717, 1.165) is 19.9 Å². The van der Waals surface area contributed by atoms with Crippen molar-refractivity contribution in [2.45, 2.75) is 30.8 Å². The lowest BCUT2D eigenvalue weighted by Crippen LogP contribution is -2.53. The maximum Gasteiger partial charge on any atom is 0.264 e. The SMILES string of the molecule is CNC(=O)[C@@H](Cc1ccccc1)N(Cc1ccccc1F)C(=O)CN(c1ccc(Br)cc1)S(=O)(=O)c1ccc(C)cc1. The Bertz CT molecular complexity index is 1630. The number of hydrogen-bond acceptors (Lipinski definition) is 4. The van der Waals surface area contributed by atoms with Crippen LogP contribution in [0.5, 0.6) is 0 Å². The van der Waals surface area contributed by atoms with Crippen molar-refractivity contribution >= 4 is 43.5 Å². The van der Waals surface area contributed by atoms with Gasteiger partial charge in [0, 0.05) is 30.0 Å². The van der Waals surface area contributed by atoms with Gasteiger partial charge in [-0.3, -0.25) is 13.9 Å². The first kappa shape index (κ1) is 30.9. The molecule has 0 aliphatic carbocycles. The predicted octanol–water partition coefficient (Wildman–Crippen LogP) is 5.48. The Hall–Kier alpha value is -4.02. The van der Waals surface area contributed by atoms with Gasteiger partial charge in [0.2, 0.25) is 11.8 Å². The lowest BCUT2D eigenvalue weighted by Gasteiger charge is -2.33. The zero-order valence-corrected chi connectivity index (χ0v) is 25.6. The normalized spacial score (nSPS) is 11.9. The number of nitrogens with one attached hydrogen (secondary N) is 1. The van der Waals surface area contributed by atoms with Gasteiger partial charge in [0.15, 0.2) is 0 Å². The monoisotopic (exact) mass is 651 g/mol. The van der Waals surface area contributed by atoms with E-state index < -0.39 is 40.2 Å². The van der Waals surface area contributed by atoms with Crippen LogP contribution in [0.15, 0.2) is 112 Å². The number of benzene rings is 4. The number of carbonyl (C=O) groups excluding carboxylic acids is 2. The van der Waals surface area contributed by atoms with E-state index in [9.17, 15) is 22.4 Å². The molecule has 0 saturated carbocycles. The molecule has 0 fully saturated rings. The van der Waals surface area contributed by atoms with Gasteiger partial charge in [0.1, 0.15) is 18.4 Å². The zero-order chi connectivity index (χ0) is 30.3. The van der Waals surface area contributed by atoms with Crippen LogP contribution in [0.3, 0.4) is 0 Å². The predicted molar refractivity (Wildman–Crippen MR) is 165 cm³/mol. The second kappa shape index (κ2) is 13.8. The molecule has 0 aromatic heterocycles. The second-order valence-corrected chi connectivity index (χ2v) is 12.5. The van der Waals surface area contributed by atoms with Gasteiger partial charge in [-0.05, 0) is 55.0 Å². The van der Waals surface area contributed by atoms with Crippen molar-refractivity contribution in [2.24, 2.45) is 0 Å². The number of aryl methyl sites for hydroxylation is 1. The third-order valence-corrected chi connectivity index (χ3v) is 9.14. The number of halogens is 2. The van der Waals surface area contributed by atoms with Crippen molar-refractivity contribution < 1.29 is 22.4 Å². The number of hydrogen-bond donors (Lipinski definition) is 1. The molecule has 0 heterocycles. The summed E-state index contributed by atoms with van der Waals surface area (Å²) in [5, 5.41) is 2.61. The minimum Gasteiger partial charge on any atom is -0.357 e. The van der Waals surface area contributed by atoms with E-state index in [1.807, 2.05) is 37.3 Å². The van der Waals surface area contributed by atoms with Gasteiger partial charge in [-0.25, -0.2) is 12.8 Å². The molecule has 0 saturated heterocycles. The highest BCUT2D eigenvalue weighted by molar-refractivity contribution is 9.10. The van der Waals surface area contributed by atoms with Gasteiger partial charge in [-0.2, -0.15) is 0 Å². The summed E-state index contributed by atoms with van der Waals surface area (Å²) in [5.74, 6) is -1.66. The fraction of sp³-hybridized carbons (Fsp3) is 0.188. The van der Waals surface area contributed by atoms with E-state index >= 15 is 0 Å². The molecular formula is C32H31BrFN3O4S. The standard InChI is InChI=1S/C32H31BrFN3O4S/c1-23-12-18-28(19-13-23)42(40,41)37(27-16-14-26(33)15-17-27)22-31(38)36(21-25-10-6-7-11-29(25)34)30(32(39)35-2)20-24-8-4-3-5-9-24/h3-19,30H,20-22H2,1-2H3,(H,35,39)/t30-/m1/s1. The quantitative estimate of drug-likeness (QED) is 0.233. The van der Waals surface area contributed by atoms with Crippen LogP contribution in [0.1, 0.15) is 16.7 Å². The average molecular weight is 653 g/mol. The minimum atomic E-state index is -4.21. The van der Waals surface area contributed by atoms with Crippen LogP contribution in [0.4, 0.5) is 10.1 Å². The van der Waals surface area contributed by atoms with Gasteiger partial charge in [0.25, 0.3) is 10.0 Å². The Morgan fingerprint density at radius 2 is 1.50 bits per heavy atom. The van der Waals surface area contributed by atoms with Crippen molar-refractivity contribution in [3.63, 3.8) is 0 Å². The van der Waals surface area contributed by atoms with Gasteiger partial charge < -0.3 is 10.2 Å². The molecule has 0 aliphatic heterocycles. The van der Waals surface area contributed by atoms with Gasteiger partial charge >= 0.3 is 0 Å². The van der Waals surface area contributed by atoms with Crippen LogP contribution in [0, 0.1) is 12.7 Å². The smallest absolute Gasteiger partial charge is 0.264 e. The number of sulfonamides is 1. The third-order valence-electron chi connectivity index (χ3n) is 6.82. The highest BCUT2D eigenvalue weighted by Gasteiger charge is 2.34. The number of rotatable bonds is 11. The number of amides is 2. The molecule has 7 nitrogen and oxygen atoms in total. The molecule has 0 radical (unpaired) electrons. The molecule has 0 spiro atoms. The first-order valence-corrected chi connectivity index (χ1v) is 15.5. The fourth-order valence-electron chi connectivity index (χ4n) is 4.50. The Morgan fingerprint density at radius 1 is 0.881 bits per heavy atom. The van der Waals surface area contributed by atoms with Crippen LogP contribution in [0.2, 0.25) is 0 Å². The lowest BCUT2D eigenvalue weighted by atomic mass is 10.0. The van der Waals surface area contributed by atoms with Crippen LogP contribution < -0.4 is 9.62 Å². The molecule has 0 bridgehead atoms. The lowest BCUT2D eigenvalue weighted by molar-refractivity contribution is -0.139. The van der Waals surface area contributed by atoms with Gasteiger partial charge in [-0.1, -0.05) is 82.2 Å². The Morgan fingerprint density at radius 3 is 2.12 bits per heavy atom. The molecule has 4 rings (SSSR count). The Balaban J connectivity index is 1.79.